The van der Waals surface area contributed by atoms with Crippen molar-refractivity contribution >= 4 is 17.6 Å². The lowest BCUT2D eigenvalue weighted by molar-refractivity contribution is -0.384. The number of esters is 1. The van der Waals surface area contributed by atoms with E-state index in [0.29, 0.717) is 6.54 Å². The summed E-state index contributed by atoms with van der Waals surface area (Å²) in [5, 5.41) is 17.9. The van der Waals surface area contributed by atoms with Gasteiger partial charge in [-0.3, -0.25) is 14.9 Å². The monoisotopic (exact) mass is 395 g/mol. The highest BCUT2D eigenvalue weighted by molar-refractivity contribution is 5.98. The molecule has 10 nitrogen and oxygen atoms in total. The van der Waals surface area contributed by atoms with Crippen LogP contribution in [0.25, 0.3) is 0 Å². The molecule has 1 aromatic heterocycles. The summed E-state index contributed by atoms with van der Waals surface area (Å²) in [6.45, 7) is 0.676. The molecular weight excluding hydrogens is 378 g/mol. The molecule has 0 aliphatic carbocycles. The Labute approximate surface area is 165 Å². The topological polar surface area (TPSA) is 129 Å². The molecule has 3 rings (SSSR count). The minimum atomic E-state index is -0.763. The van der Waals surface area contributed by atoms with Crippen LogP contribution in [0.2, 0.25) is 0 Å². The fraction of sp³-hybridized carbons (Fsp3) is 0.158. The van der Waals surface area contributed by atoms with Crippen molar-refractivity contribution in [2.24, 2.45) is 0 Å². The van der Waals surface area contributed by atoms with Gasteiger partial charge in [0.05, 0.1) is 24.1 Å². The third kappa shape index (κ3) is 4.80. The van der Waals surface area contributed by atoms with E-state index in [1.165, 1.54) is 12.4 Å². The van der Waals surface area contributed by atoms with Crippen LogP contribution in [0.1, 0.15) is 31.8 Å². The summed E-state index contributed by atoms with van der Waals surface area (Å²) in [6.07, 6.45) is 3.03. The molecule has 0 saturated heterocycles. The molecule has 0 spiro atoms. The van der Waals surface area contributed by atoms with E-state index in [1.807, 2.05) is 24.3 Å². The molecular formula is C19H17N5O5. The van der Waals surface area contributed by atoms with E-state index in [1.54, 1.807) is 11.0 Å². The molecule has 0 fully saturated rings. The number of carbonyl (C=O) groups is 2. The molecule has 1 heterocycles. The minimum Gasteiger partial charge on any atom is -0.465 e. The van der Waals surface area contributed by atoms with Crippen molar-refractivity contribution in [3.05, 3.63) is 87.5 Å². The number of ether oxygens (including phenoxy) is 1. The first-order valence-electron chi connectivity index (χ1n) is 8.53. The standard InChI is InChI=1S/C19H17N5O5/c1-29-19(26)16-6-15(7-17(8-16)24(27)28)18(25)21-9-13-4-2-3-5-14(13)10-23-12-20-11-22-23/h2-8,11-12H,9-10H2,1H3,(H,21,25). The first-order valence-corrected chi connectivity index (χ1v) is 8.53. The molecule has 3 aromatic rings. The normalized spacial score (nSPS) is 10.4. The number of aromatic nitrogens is 3. The first-order chi connectivity index (χ1) is 14.0. The van der Waals surface area contributed by atoms with E-state index >= 15 is 0 Å². The number of nitrogens with zero attached hydrogens (tertiary/aromatic N) is 4. The number of rotatable bonds is 7. The number of benzene rings is 2. The quantitative estimate of drug-likeness (QED) is 0.368. The average molecular weight is 395 g/mol. The van der Waals surface area contributed by atoms with Crippen molar-refractivity contribution in [3.63, 3.8) is 0 Å². The maximum absolute atomic E-state index is 12.6. The van der Waals surface area contributed by atoms with Gasteiger partial charge in [-0.15, -0.1) is 0 Å². The molecule has 10 heteroatoms. The van der Waals surface area contributed by atoms with Crippen LogP contribution in [-0.2, 0) is 17.8 Å². The predicted octanol–water partition coefficient (Wildman–Crippen LogP) is 1.95. The third-order valence-corrected chi connectivity index (χ3v) is 4.17. The van der Waals surface area contributed by atoms with E-state index < -0.39 is 16.8 Å². The number of nitrogens with one attached hydrogen (secondary N) is 1. The van der Waals surface area contributed by atoms with E-state index in [-0.39, 0.29) is 23.4 Å². The lowest BCUT2D eigenvalue weighted by Gasteiger charge is -2.11. The molecule has 0 saturated carbocycles. The summed E-state index contributed by atoms with van der Waals surface area (Å²) in [7, 11) is 1.16. The van der Waals surface area contributed by atoms with Gasteiger partial charge < -0.3 is 10.1 Å². The van der Waals surface area contributed by atoms with Gasteiger partial charge in [-0.2, -0.15) is 5.10 Å². The molecule has 1 amide bonds. The molecule has 1 N–H and O–H groups in total. The van der Waals surface area contributed by atoms with Crippen LogP contribution in [0.5, 0.6) is 0 Å². The zero-order valence-electron chi connectivity index (χ0n) is 15.4. The van der Waals surface area contributed by atoms with E-state index in [2.05, 4.69) is 20.1 Å². The largest absolute Gasteiger partial charge is 0.465 e. The molecule has 0 bridgehead atoms. The molecule has 2 aromatic carbocycles. The fourth-order valence-electron chi connectivity index (χ4n) is 2.73. The molecule has 0 radical (unpaired) electrons. The van der Waals surface area contributed by atoms with Crippen LogP contribution in [0, 0.1) is 10.1 Å². The number of non-ortho nitro benzene ring substituents is 1. The van der Waals surface area contributed by atoms with Gasteiger partial charge in [-0.05, 0) is 17.2 Å². The Morgan fingerprint density at radius 1 is 1.17 bits per heavy atom. The maximum atomic E-state index is 12.6. The number of methoxy groups -OCH3 is 1. The molecule has 0 unspecified atom stereocenters. The van der Waals surface area contributed by atoms with E-state index in [4.69, 9.17) is 0 Å². The van der Waals surface area contributed by atoms with Gasteiger partial charge in [0.15, 0.2) is 0 Å². The maximum Gasteiger partial charge on any atom is 0.338 e. The summed E-state index contributed by atoms with van der Waals surface area (Å²) in [4.78, 5) is 38.7. The van der Waals surface area contributed by atoms with Crippen molar-refractivity contribution in [2.75, 3.05) is 7.11 Å². The number of hydrogen-bond acceptors (Lipinski definition) is 7. The second-order valence-corrected chi connectivity index (χ2v) is 6.06. The van der Waals surface area contributed by atoms with E-state index in [9.17, 15) is 19.7 Å². The van der Waals surface area contributed by atoms with Gasteiger partial charge >= 0.3 is 5.97 Å². The summed E-state index contributed by atoms with van der Waals surface area (Å²) in [6, 6.07) is 10.9. The zero-order chi connectivity index (χ0) is 20.8. The predicted molar refractivity (Wildman–Crippen MR) is 101 cm³/mol. The van der Waals surface area contributed by atoms with Gasteiger partial charge in [0.2, 0.25) is 0 Å². The number of nitro benzene ring substituents is 1. The molecule has 0 atom stereocenters. The average Bonchev–Trinajstić information content (AvgIpc) is 3.25. The molecule has 29 heavy (non-hydrogen) atoms. The molecule has 0 aliphatic rings. The summed E-state index contributed by atoms with van der Waals surface area (Å²) >= 11 is 0. The smallest absolute Gasteiger partial charge is 0.338 e. The Kier molecular flexibility index (Phi) is 5.93. The molecule has 148 valence electrons. The van der Waals surface area contributed by atoms with Crippen LogP contribution in [0.15, 0.2) is 55.1 Å². The second kappa shape index (κ2) is 8.74. The Hall–Kier alpha value is -4.08. The Morgan fingerprint density at radius 2 is 1.90 bits per heavy atom. The highest BCUT2D eigenvalue weighted by atomic mass is 16.6. The van der Waals surface area contributed by atoms with Crippen molar-refractivity contribution in [2.45, 2.75) is 13.1 Å². The highest BCUT2D eigenvalue weighted by Gasteiger charge is 2.18. The summed E-state index contributed by atoms with van der Waals surface area (Å²) in [5.74, 6) is -1.31. The van der Waals surface area contributed by atoms with Gasteiger partial charge in [0.25, 0.3) is 11.6 Å². The van der Waals surface area contributed by atoms with Gasteiger partial charge in [-0.1, -0.05) is 24.3 Å². The van der Waals surface area contributed by atoms with Crippen LogP contribution < -0.4 is 5.32 Å². The van der Waals surface area contributed by atoms with Gasteiger partial charge in [-0.25, -0.2) is 14.5 Å². The van der Waals surface area contributed by atoms with Crippen LogP contribution in [0.4, 0.5) is 5.69 Å². The number of nitro groups is 1. The number of carbonyl (C=O) groups excluding carboxylic acids is 2. The van der Waals surface area contributed by atoms with Crippen molar-refractivity contribution < 1.29 is 19.2 Å². The van der Waals surface area contributed by atoms with Crippen molar-refractivity contribution in [3.8, 4) is 0 Å². The third-order valence-electron chi connectivity index (χ3n) is 4.17. The van der Waals surface area contributed by atoms with Crippen LogP contribution in [-0.4, -0.2) is 38.7 Å². The number of hydrogen-bond donors (Lipinski definition) is 1. The van der Waals surface area contributed by atoms with Crippen LogP contribution in [0.3, 0.4) is 0 Å². The minimum absolute atomic E-state index is 0.00615. The lowest BCUT2D eigenvalue weighted by atomic mass is 10.1. The zero-order valence-corrected chi connectivity index (χ0v) is 15.4. The van der Waals surface area contributed by atoms with Crippen molar-refractivity contribution in [1.29, 1.82) is 0 Å². The highest BCUT2D eigenvalue weighted by Crippen LogP contribution is 2.18. The summed E-state index contributed by atoms with van der Waals surface area (Å²) in [5.41, 5.74) is 1.35. The van der Waals surface area contributed by atoms with Crippen LogP contribution >= 0.6 is 0 Å². The van der Waals surface area contributed by atoms with E-state index in [0.717, 1.165) is 30.4 Å². The first kappa shape index (κ1) is 19.7. The van der Waals surface area contributed by atoms with Gasteiger partial charge in [0.1, 0.15) is 12.7 Å². The fourth-order valence-corrected chi connectivity index (χ4v) is 2.73. The van der Waals surface area contributed by atoms with Crippen molar-refractivity contribution in [1.82, 2.24) is 20.1 Å². The Morgan fingerprint density at radius 3 is 2.55 bits per heavy atom. The Balaban J connectivity index is 1.78. The van der Waals surface area contributed by atoms with Gasteiger partial charge in [0, 0.05) is 24.2 Å². The summed E-state index contributed by atoms with van der Waals surface area (Å²) < 4.78 is 6.25. The Bertz CT molecular complexity index is 1050. The lowest BCUT2D eigenvalue weighted by Crippen LogP contribution is -2.24. The number of amides is 1. The SMILES string of the molecule is COC(=O)c1cc(C(=O)NCc2ccccc2Cn2cncn2)cc([N+](=O)[O-])c1. The second-order valence-electron chi connectivity index (χ2n) is 6.06. The molecule has 0 aliphatic heterocycles.